The van der Waals surface area contributed by atoms with E-state index in [4.69, 9.17) is 0 Å². The Labute approximate surface area is 297 Å². The van der Waals surface area contributed by atoms with Crippen molar-refractivity contribution in [3.8, 4) is 11.3 Å². The average molecular weight is 699 g/mol. The number of rotatable bonds is 11. The van der Waals surface area contributed by atoms with Crippen LogP contribution in [-0.2, 0) is 9.59 Å². The van der Waals surface area contributed by atoms with Gasteiger partial charge in [0.25, 0.3) is 11.8 Å². The number of hydrogen-bond acceptors (Lipinski definition) is 6. The van der Waals surface area contributed by atoms with Gasteiger partial charge in [-0.3, -0.25) is 14.4 Å². The third-order valence-corrected chi connectivity index (χ3v) is 9.51. The van der Waals surface area contributed by atoms with Gasteiger partial charge in [-0.25, -0.2) is 9.37 Å². The number of nitrogens with zero attached hydrogens (tertiary/aromatic N) is 1. The summed E-state index contributed by atoms with van der Waals surface area (Å²) in [6.45, 7) is 2.02. The van der Waals surface area contributed by atoms with Gasteiger partial charge in [0.1, 0.15) is 16.8 Å². The SMILES string of the molecule is Cc1ccc(-c2csc(NC(=O)C(Sc3cccc(NC(=O)/C(=C/c4ccccc4F)NC(=O)c4ccccc4)c3)c3ccccc3)n2)cc1. The Kier molecular flexibility index (Phi) is 10.9. The first-order valence-corrected chi connectivity index (χ1v) is 17.4. The molecule has 0 bridgehead atoms. The van der Waals surface area contributed by atoms with Crippen LogP contribution >= 0.6 is 23.1 Å². The lowest BCUT2D eigenvalue weighted by Gasteiger charge is -2.17. The molecular weight excluding hydrogens is 668 g/mol. The predicted octanol–water partition coefficient (Wildman–Crippen LogP) is 9.14. The fourth-order valence-corrected chi connectivity index (χ4v) is 6.74. The van der Waals surface area contributed by atoms with Crippen LogP contribution in [0.15, 0.2) is 149 Å². The number of aryl methyl sites for hydroxylation is 1. The minimum Gasteiger partial charge on any atom is -0.321 e. The molecule has 0 saturated heterocycles. The molecular formula is C40H31FN4O3S2. The van der Waals surface area contributed by atoms with Crippen LogP contribution in [0.3, 0.4) is 0 Å². The Morgan fingerprint density at radius 1 is 0.800 bits per heavy atom. The van der Waals surface area contributed by atoms with Gasteiger partial charge in [-0.1, -0.05) is 103 Å². The number of aromatic nitrogens is 1. The first-order valence-electron chi connectivity index (χ1n) is 15.6. The minimum absolute atomic E-state index is 0.137. The van der Waals surface area contributed by atoms with Gasteiger partial charge in [0.2, 0.25) is 5.91 Å². The Bertz CT molecular complexity index is 2150. The summed E-state index contributed by atoms with van der Waals surface area (Å²) in [5.74, 6) is -1.96. The van der Waals surface area contributed by atoms with E-state index in [0.717, 1.165) is 22.4 Å². The van der Waals surface area contributed by atoms with E-state index in [2.05, 4.69) is 20.9 Å². The Morgan fingerprint density at radius 2 is 1.50 bits per heavy atom. The minimum atomic E-state index is -0.648. The van der Waals surface area contributed by atoms with E-state index in [0.29, 0.717) is 21.3 Å². The molecule has 50 heavy (non-hydrogen) atoms. The van der Waals surface area contributed by atoms with E-state index in [1.807, 2.05) is 73.0 Å². The maximum Gasteiger partial charge on any atom is 0.272 e. The summed E-state index contributed by atoms with van der Waals surface area (Å²) in [4.78, 5) is 45.7. The van der Waals surface area contributed by atoms with E-state index >= 15 is 0 Å². The van der Waals surface area contributed by atoms with Crippen LogP contribution in [0.2, 0.25) is 0 Å². The van der Waals surface area contributed by atoms with Crippen LogP contribution in [-0.4, -0.2) is 22.7 Å². The lowest BCUT2D eigenvalue weighted by Crippen LogP contribution is -2.30. The fourth-order valence-electron chi connectivity index (χ4n) is 4.93. The predicted molar refractivity (Wildman–Crippen MR) is 199 cm³/mol. The van der Waals surface area contributed by atoms with Gasteiger partial charge in [-0.05, 0) is 55.0 Å². The molecule has 0 aliphatic heterocycles. The van der Waals surface area contributed by atoms with Crippen LogP contribution in [0.4, 0.5) is 15.2 Å². The van der Waals surface area contributed by atoms with Crippen molar-refractivity contribution in [2.24, 2.45) is 0 Å². The van der Waals surface area contributed by atoms with Gasteiger partial charge < -0.3 is 16.0 Å². The van der Waals surface area contributed by atoms with Crippen LogP contribution in [0.1, 0.15) is 32.3 Å². The molecule has 0 spiro atoms. The molecule has 0 radical (unpaired) electrons. The van der Waals surface area contributed by atoms with Crippen molar-refractivity contribution in [2.45, 2.75) is 17.1 Å². The molecule has 0 saturated carbocycles. The van der Waals surface area contributed by atoms with Crippen molar-refractivity contribution in [1.82, 2.24) is 10.3 Å². The molecule has 6 rings (SSSR count). The number of nitrogens with one attached hydrogen (secondary N) is 3. The lowest BCUT2D eigenvalue weighted by atomic mass is 10.1. The van der Waals surface area contributed by atoms with Crippen molar-refractivity contribution in [3.63, 3.8) is 0 Å². The zero-order chi connectivity index (χ0) is 34.9. The fraction of sp³-hybridized carbons (Fsp3) is 0.0500. The van der Waals surface area contributed by atoms with Gasteiger partial charge >= 0.3 is 0 Å². The lowest BCUT2D eigenvalue weighted by molar-refractivity contribution is -0.116. The van der Waals surface area contributed by atoms with Crippen molar-refractivity contribution in [1.29, 1.82) is 0 Å². The number of amides is 3. The molecule has 248 valence electrons. The van der Waals surface area contributed by atoms with Crippen LogP contribution in [0.5, 0.6) is 0 Å². The largest absolute Gasteiger partial charge is 0.321 e. The van der Waals surface area contributed by atoms with E-state index in [1.54, 1.807) is 60.7 Å². The van der Waals surface area contributed by atoms with E-state index in [1.165, 1.54) is 41.3 Å². The van der Waals surface area contributed by atoms with Gasteiger partial charge in [0.05, 0.1) is 5.69 Å². The summed E-state index contributed by atoms with van der Waals surface area (Å²) in [5.41, 5.74) is 4.44. The molecule has 10 heteroatoms. The zero-order valence-corrected chi connectivity index (χ0v) is 28.4. The van der Waals surface area contributed by atoms with Crippen LogP contribution in [0.25, 0.3) is 17.3 Å². The Balaban J connectivity index is 1.21. The molecule has 3 amide bonds. The highest BCUT2D eigenvalue weighted by Gasteiger charge is 2.24. The molecule has 0 fully saturated rings. The Hall–Kier alpha value is -5.84. The summed E-state index contributed by atoms with van der Waals surface area (Å²) in [6, 6.07) is 38.9. The number of thioether (sulfide) groups is 1. The van der Waals surface area contributed by atoms with Gasteiger partial charge in [0.15, 0.2) is 5.13 Å². The highest BCUT2D eigenvalue weighted by molar-refractivity contribution is 8.00. The first kappa shape index (κ1) is 34.0. The smallest absolute Gasteiger partial charge is 0.272 e. The summed E-state index contributed by atoms with van der Waals surface area (Å²) in [7, 11) is 0. The molecule has 3 N–H and O–H groups in total. The van der Waals surface area contributed by atoms with E-state index < -0.39 is 22.9 Å². The number of thiazole rings is 1. The second kappa shape index (κ2) is 16.0. The summed E-state index contributed by atoms with van der Waals surface area (Å²) < 4.78 is 14.6. The molecule has 1 atom stereocenters. The first-order chi connectivity index (χ1) is 24.3. The third kappa shape index (κ3) is 8.79. The normalized spacial score (nSPS) is 11.8. The van der Waals surface area contributed by atoms with Crippen LogP contribution in [0, 0.1) is 12.7 Å². The average Bonchev–Trinajstić information content (AvgIpc) is 3.60. The topological polar surface area (TPSA) is 100 Å². The number of benzene rings is 5. The Morgan fingerprint density at radius 3 is 2.24 bits per heavy atom. The molecule has 7 nitrogen and oxygen atoms in total. The maximum atomic E-state index is 14.6. The van der Waals surface area contributed by atoms with Crippen molar-refractivity contribution in [2.75, 3.05) is 10.6 Å². The highest BCUT2D eigenvalue weighted by atomic mass is 32.2. The number of anilines is 2. The monoisotopic (exact) mass is 698 g/mol. The molecule has 1 unspecified atom stereocenters. The van der Waals surface area contributed by atoms with Gasteiger partial charge in [0, 0.05) is 32.7 Å². The summed E-state index contributed by atoms with van der Waals surface area (Å²) in [6.07, 6.45) is 1.29. The summed E-state index contributed by atoms with van der Waals surface area (Å²) >= 11 is 2.67. The number of hydrogen-bond donors (Lipinski definition) is 3. The quantitative estimate of drug-likeness (QED) is 0.0926. The molecule has 6 aromatic rings. The number of carbonyl (C=O) groups is 3. The van der Waals surface area contributed by atoms with E-state index in [9.17, 15) is 18.8 Å². The van der Waals surface area contributed by atoms with Crippen molar-refractivity contribution >= 4 is 57.7 Å². The summed E-state index contributed by atoms with van der Waals surface area (Å²) in [5, 5.41) is 10.2. The van der Waals surface area contributed by atoms with Gasteiger partial charge in [-0.2, -0.15) is 0 Å². The van der Waals surface area contributed by atoms with Crippen molar-refractivity contribution in [3.05, 3.63) is 173 Å². The van der Waals surface area contributed by atoms with Crippen LogP contribution < -0.4 is 16.0 Å². The molecule has 0 aliphatic carbocycles. The standard InChI is InChI=1S/C40H31FN4O3S2/c1-26-19-21-27(22-20-26)35-25-49-40(44-35)45-39(48)36(28-11-4-2-5-12-28)50-32-17-10-16-31(24-32)42-38(47)34(23-30-15-8-9-18-33(30)41)43-37(46)29-13-6-3-7-14-29/h2-25,36H,1H3,(H,42,47)(H,43,46)(H,44,45,48)/b34-23-. The maximum absolute atomic E-state index is 14.6. The molecule has 0 aliphatic rings. The molecule has 1 aromatic heterocycles. The van der Waals surface area contributed by atoms with Crippen molar-refractivity contribution < 1.29 is 18.8 Å². The highest BCUT2D eigenvalue weighted by Crippen LogP contribution is 2.38. The second-order valence-electron chi connectivity index (χ2n) is 11.2. The number of carbonyl (C=O) groups excluding carboxylic acids is 3. The van der Waals surface area contributed by atoms with E-state index in [-0.39, 0.29) is 17.2 Å². The molecule has 5 aromatic carbocycles. The second-order valence-corrected chi connectivity index (χ2v) is 13.2. The van der Waals surface area contributed by atoms with Gasteiger partial charge in [-0.15, -0.1) is 23.1 Å². The number of halogens is 1. The third-order valence-electron chi connectivity index (χ3n) is 7.50. The zero-order valence-electron chi connectivity index (χ0n) is 26.8. The molecule has 1 heterocycles.